The summed E-state index contributed by atoms with van der Waals surface area (Å²) in [6.07, 6.45) is 0. The van der Waals surface area contributed by atoms with Crippen LogP contribution in [0.2, 0.25) is 0 Å². The van der Waals surface area contributed by atoms with Gasteiger partial charge in [0.1, 0.15) is 0 Å². The Labute approximate surface area is 130 Å². The predicted molar refractivity (Wildman–Crippen MR) is 47.6 cm³/mol. The number of carbonyl (C=O) groups is 3. The van der Waals surface area contributed by atoms with Gasteiger partial charge in [-0.15, -0.1) is 0 Å². The number of hydrogen-bond acceptors (Lipinski definition) is 3. The molecule has 0 atom stereocenters. The number of primary amides is 1. The van der Waals surface area contributed by atoms with E-state index in [1.165, 1.54) is 12.1 Å². The summed E-state index contributed by atoms with van der Waals surface area (Å²) >= 11 is 0. The maximum absolute atomic E-state index is 11.5. The van der Waals surface area contributed by atoms with Crippen molar-refractivity contribution in [1.82, 2.24) is 4.90 Å². The molecular formula is C9H7KN2O3. The van der Waals surface area contributed by atoms with E-state index >= 15 is 0 Å². The van der Waals surface area contributed by atoms with Crippen molar-refractivity contribution in [2.75, 3.05) is 0 Å². The van der Waals surface area contributed by atoms with E-state index in [9.17, 15) is 14.4 Å². The largest absolute Gasteiger partial charge is 1.00 e. The first-order valence-electron chi connectivity index (χ1n) is 3.90. The van der Waals surface area contributed by atoms with E-state index in [0.29, 0.717) is 4.90 Å². The second-order valence-corrected chi connectivity index (χ2v) is 2.83. The van der Waals surface area contributed by atoms with Crippen LogP contribution < -0.4 is 57.1 Å². The molecule has 2 rings (SSSR count). The Hall–Kier alpha value is -0.534. The monoisotopic (exact) mass is 230 g/mol. The molecule has 0 saturated heterocycles. The van der Waals surface area contributed by atoms with E-state index in [4.69, 9.17) is 5.73 Å². The quantitative estimate of drug-likeness (QED) is 0.394. The molecule has 15 heavy (non-hydrogen) atoms. The van der Waals surface area contributed by atoms with Crippen LogP contribution in [0, 0.1) is 0 Å². The fraction of sp³-hybridized carbons (Fsp3) is 0. The molecule has 0 saturated carbocycles. The van der Waals surface area contributed by atoms with E-state index in [1.54, 1.807) is 12.1 Å². The van der Waals surface area contributed by atoms with Gasteiger partial charge in [0.2, 0.25) is 0 Å². The van der Waals surface area contributed by atoms with Gasteiger partial charge in [-0.2, -0.15) is 4.90 Å². The van der Waals surface area contributed by atoms with Crippen LogP contribution in [-0.2, 0) is 0 Å². The molecule has 1 aliphatic rings. The number of benzene rings is 1. The second kappa shape index (κ2) is 4.54. The molecule has 1 aliphatic heterocycles. The van der Waals surface area contributed by atoms with Crippen LogP contribution in [0.4, 0.5) is 4.79 Å². The molecule has 1 aromatic rings. The van der Waals surface area contributed by atoms with Gasteiger partial charge in [0.25, 0.3) is 11.8 Å². The average molecular weight is 230 g/mol. The van der Waals surface area contributed by atoms with Gasteiger partial charge in [0, 0.05) is 0 Å². The zero-order valence-corrected chi connectivity index (χ0v) is 11.2. The molecule has 4 amide bonds. The summed E-state index contributed by atoms with van der Waals surface area (Å²) in [7, 11) is 0. The first-order valence-corrected chi connectivity index (χ1v) is 3.90. The van der Waals surface area contributed by atoms with Crippen LogP contribution in [-0.4, -0.2) is 22.7 Å². The van der Waals surface area contributed by atoms with Crippen molar-refractivity contribution in [1.29, 1.82) is 0 Å². The maximum atomic E-state index is 11.5. The minimum atomic E-state index is -1.05. The van der Waals surface area contributed by atoms with E-state index < -0.39 is 17.8 Å². The molecule has 0 aromatic heterocycles. The van der Waals surface area contributed by atoms with Crippen LogP contribution in [0.1, 0.15) is 22.1 Å². The molecule has 0 aliphatic carbocycles. The van der Waals surface area contributed by atoms with Crippen molar-refractivity contribution >= 4 is 17.8 Å². The molecule has 2 N–H and O–H groups in total. The van der Waals surface area contributed by atoms with Crippen LogP contribution >= 0.6 is 0 Å². The van der Waals surface area contributed by atoms with Gasteiger partial charge in [0.05, 0.1) is 11.1 Å². The Morgan fingerprint density at radius 1 is 1.13 bits per heavy atom. The summed E-state index contributed by atoms with van der Waals surface area (Å²) in [5.74, 6) is -1.31. The van der Waals surface area contributed by atoms with Gasteiger partial charge in [-0.05, 0) is 12.1 Å². The summed E-state index contributed by atoms with van der Waals surface area (Å²) in [5.41, 5.74) is 5.34. The van der Waals surface area contributed by atoms with Crippen LogP contribution in [0.15, 0.2) is 24.3 Å². The summed E-state index contributed by atoms with van der Waals surface area (Å²) in [6, 6.07) is 5.16. The Morgan fingerprint density at radius 3 is 1.87 bits per heavy atom. The van der Waals surface area contributed by atoms with Gasteiger partial charge in [-0.1, -0.05) is 12.1 Å². The standard InChI is InChI=1S/C9H6N2O3.K.H/c10-9(14)11-7(12)5-3-1-2-4-6(5)8(11)13;;/h1-4H,(H2,10,14);;/q;+1;-1. The molecule has 6 heteroatoms. The SMILES string of the molecule is NC(=O)N1C(=O)c2ccccc2C1=O.[H-].[K+]. The van der Waals surface area contributed by atoms with Gasteiger partial charge in [-0.3, -0.25) is 9.59 Å². The molecule has 5 nitrogen and oxygen atoms in total. The summed E-state index contributed by atoms with van der Waals surface area (Å²) < 4.78 is 0. The molecule has 0 radical (unpaired) electrons. The number of imide groups is 3. The molecule has 1 heterocycles. The smallest absolute Gasteiger partial charge is 1.00 e. The third kappa shape index (κ3) is 1.91. The molecule has 0 spiro atoms. The van der Waals surface area contributed by atoms with Crippen LogP contribution in [0.5, 0.6) is 0 Å². The Balaban J connectivity index is 0.00000112. The molecule has 72 valence electrons. The van der Waals surface area contributed by atoms with E-state index in [1.807, 2.05) is 0 Å². The van der Waals surface area contributed by atoms with E-state index in [2.05, 4.69) is 0 Å². The van der Waals surface area contributed by atoms with Gasteiger partial charge in [-0.25, -0.2) is 4.79 Å². The molecule has 0 bridgehead atoms. The van der Waals surface area contributed by atoms with Gasteiger partial charge >= 0.3 is 57.4 Å². The fourth-order valence-electron chi connectivity index (χ4n) is 1.39. The van der Waals surface area contributed by atoms with Crippen molar-refractivity contribution in [3.8, 4) is 0 Å². The number of carbonyl (C=O) groups excluding carboxylic acids is 3. The van der Waals surface area contributed by atoms with Crippen LogP contribution in [0.25, 0.3) is 0 Å². The first-order chi connectivity index (χ1) is 6.63. The number of rotatable bonds is 0. The third-order valence-corrected chi connectivity index (χ3v) is 2.01. The minimum Gasteiger partial charge on any atom is -1.00 e. The zero-order valence-electron chi connectivity index (χ0n) is 9.06. The number of hydrogen-bond donors (Lipinski definition) is 1. The molecule has 0 unspecified atom stereocenters. The molecular weight excluding hydrogens is 223 g/mol. The number of nitrogens with two attached hydrogens (primary N) is 1. The van der Waals surface area contributed by atoms with Gasteiger partial charge < -0.3 is 7.16 Å². The van der Waals surface area contributed by atoms with Crippen molar-refractivity contribution < 1.29 is 67.2 Å². The van der Waals surface area contributed by atoms with Gasteiger partial charge in [0.15, 0.2) is 0 Å². The van der Waals surface area contributed by atoms with Crippen molar-refractivity contribution in [2.24, 2.45) is 5.73 Å². The zero-order chi connectivity index (χ0) is 10.3. The molecule has 0 fully saturated rings. The summed E-state index contributed by atoms with van der Waals surface area (Å²) in [4.78, 5) is 34.1. The van der Waals surface area contributed by atoms with Crippen molar-refractivity contribution in [2.45, 2.75) is 0 Å². The first kappa shape index (κ1) is 12.5. The number of amides is 4. The minimum absolute atomic E-state index is 0. The normalized spacial score (nSPS) is 13.5. The Bertz CT molecular complexity index is 429. The Kier molecular flexibility index (Phi) is 3.80. The van der Waals surface area contributed by atoms with E-state index in [-0.39, 0.29) is 63.9 Å². The molecule has 1 aromatic carbocycles. The second-order valence-electron chi connectivity index (χ2n) is 2.83. The fourth-order valence-corrected chi connectivity index (χ4v) is 1.39. The Morgan fingerprint density at radius 2 is 1.53 bits per heavy atom. The van der Waals surface area contributed by atoms with Crippen LogP contribution in [0.3, 0.4) is 0 Å². The van der Waals surface area contributed by atoms with Crippen molar-refractivity contribution in [3.05, 3.63) is 35.4 Å². The van der Waals surface area contributed by atoms with E-state index in [0.717, 1.165) is 0 Å². The summed E-state index contributed by atoms with van der Waals surface area (Å²) in [5, 5.41) is 0. The third-order valence-electron chi connectivity index (χ3n) is 2.01. The topological polar surface area (TPSA) is 80.5 Å². The average Bonchev–Trinajstić information content (AvgIpc) is 2.41. The number of fused-ring (bicyclic) bond motifs is 1. The maximum Gasteiger partial charge on any atom is 1.00 e. The predicted octanol–water partition coefficient (Wildman–Crippen LogP) is -2.52. The van der Waals surface area contributed by atoms with Crippen molar-refractivity contribution in [3.63, 3.8) is 0 Å². The number of urea groups is 1. The number of nitrogens with zero attached hydrogens (tertiary/aromatic N) is 1. The summed E-state index contributed by atoms with van der Waals surface area (Å²) in [6.45, 7) is 0.